The topological polar surface area (TPSA) is 80.3 Å². The van der Waals surface area contributed by atoms with E-state index in [0.29, 0.717) is 29.1 Å². The Morgan fingerprint density at radius 2 is 1.61 bits per heavy atom. The number of nitrogens with one attached hydrogen (secondary N) is 2. The Kier molecular flexibility index (Phi) is 5.96. The summed E-state index contributed by atoms with van der Waals surface area (Å²) in [6.45, 7) is 2.07. The molecule has 7 heteroatoms. The predicted molar refractivity (Wildman–Crippen MR) is 104 cm³/mol. The van der Waals surface area contributed by atoms with Crippen LogP contribution >= 0.6 is 0 Å². The van der Waals surface area contributed by atoms with Gasteiger partial charge in [0, 0.05) is 17.6 Å². The van der Waals surface area contributed by atoms with Crippen molar-refractivity contribution < 1.29 is 18.7 Å². The molecule has 0 fully saturated rings. The average Bonchev–Trinajstić information content (AvgIpc) is 2.70. The van der Waals surface area contributed by atoms with Crippen molar-refractivity contribution in [1.82, 2.24) is 4.98 Å². The van der Waals surface area contributed by atoms with E-state index in [-0.39, 0.29) is 17.7 Å². The first-order chi connectivity index (χ1) is 13.5. The van der Waals surface area contributed by atoms with Crippen molar-refractivity contribution in [3.8, 4) is 0 Å². The Labute approximate surface area is 161 Å². The standard InChI is InChI=1S/C21H18FN3O3/c1-2-28-21(27)14-3-7-17(8-4-14)24-19-11-15(12-23-13-19)20(26)25-18-9-5-16(22)6-10-18/h3-13,24H,2H2,1H3,(H,25,26). The van der Waals surface area contributed by atoms with Crippen LogP contribution < -0.4 is 10.6 Å². The highest BCUT2D eigenvalue weighted by atomic mass is 19.1. The fourth-order valence-electron chi connectivity index (χ4n) is 2.44. The minimum absolute atomic E-state index is 0.317. The zero-order valence-electron chi connectivity index (χ0n) is 15.1. The molecule has 1 heterocycles. The normalized spacial score (nSPS) is 10.2. The van der Waals surface area contributed by atoms with Crippen LogP contribution in [0.1, 0.15) is 27.6 Å². The SMILES string of the molecule is CCOC(=O)c1ccc(Nc2cncc(C(=O)Nc3ccc(F)cc3)c2)cc1. The van der Waals surface area contributed by atoms with Gasteiger partial charge in [0.1, 0.15) is 5.82 Å². The third-order valence-corrected chi connectivity index (χ3v) is 3.79. The number of hydrogen-bond donors (Lipinski definition) is 2. The Morgan fingerprint density at radius 3 is 2.29 bits per heavy atom. The lowest BCUT2D eigenvalue weighted by Crippen LogP contribution is -2.12. The van der Waals surface area contributed by atoms with Gasteiger partial charge in [-0.15, -0.1) is 0 Å². The third-order valence-electron chi connectivity index (χ3n) is 3.79. The van der Waals surface area contributed by atoms with Crippen LogP contribution in [-0.2, 0) is 4.74 Å². The lowest BCUT2D eigenvalue weighted by atomic mass is 10.2. The van der Waals surface area contributed by atoms with Gasteiger partial charge in [0.15, 0.2) is 0 Å². The lowest BCUT2D eigenvalue weighted by Gasteiger charge is -2.09. The molecule has 3 aromatic rings. The van der Waals surface area contributed by atoms with Gasteiger partial charge in [0.2, 0.25) is 0 Å². The van der Waals surface area contributed by atoms with E-state index in [1.165, 1.54) is 30.5 Å². The van der Waals surface area contributed by atoms with Crippen LogP contribution in [0.3, 0.4) is 0 Å². The molecule has 0 unspecified atom stereocenters. The second-order valence-electron chi connectivity index (χ2n) is 5.85. The Morgan fingerprint density at radius 1 is 0.929 bits per heavy atom. The van der Waals surface area contributed by atoms with Crippen LogP contribution in [-0.4, -0.2) is 23.5 Å². The molecule has 0 atom stereocenters. The number of ether oxygens (including phenoxy) is 1. The van der Waals surface area contributed by atoms with Crippen LogP contribution in [0.15, 0.2) is 67.0 Å². The van der Waals surface area contributed by atoms with Crippen molar-refractivity contribution in [3.63, 3.8) is 0 Å². The van der Waals surface area contributed by atoms with Gasteiger partial charge in [-0.25, -0.2) is 9.18 Å². The van der Waals surface area contributed by atoms with Crippen LogP contribution in [0.2, 0.25) is 0 Å². The van der Waals surface area contributed by atoms with Gasteiger partial charge >= 0.3 is 5.97 Å². The molecule has 0 spiro atoms. The first-order valence-electron chi connectivity index (χ1n) is 8.61. The second-order valence-corrected chi connectivity index (χ2v) is 5.85. The number of hydrogen-bond acceptors (Lipinski definition) is 5. The van der Waals surface area contributed by atoms with E-state index in [1.807, 2.05) is 0 Å². The predicted octanol–water partition coefficient (Wildman–Crippen LogP) is 4.39. The molecular weight excluding hydrogens is 361 g/mol. The maximum Gasteiger partial charge on any atom is 0.338 e. The molecular formula is C21H18FN3O3. The van der Waals surface area contributed by atoms with Crippen LogP contribution in [0.5, 0.6) is 0 Å². The maximum absolute atomic E-state index is 13.0. The van der Waals surface area contributed by atoms with Crippen molar-refractivity contribution in [2.45, 2.75) is 6.92 Å². The highest BCUT2D eigenvalue weighted by Gasteiger charge is 2.09. The number of rotatable bonds is 6. The van der Waals surface area contributed by atoms with Crippen LogP contribution in [0.25, 0.3) is 0 Å². The molecule has 1 aromatic heterocycles. The molecule has 0 bridgehead atoms. The molecule has 1 amide bonds. The van der Waals surface area contributed by atoms with Crippen molar-refractivity contribution in [2.24, 2.45) is 0 Å². The van der Waals surface area contributed by atoms with E-state index in [0.717, 1.165) is 5.69 Å². The monoisotopic (exact) mass is 379 g/mol. The molecule has 3 rings (SSSR count). The highest BCUT2D eigenvalue weighted by Crippen LogP contribution is 2.19. The van der Waals surface area contributed by atoms with Crippen LogP contribution in [0, 0.1) is 5.82 Å². The molecule has 2 aromatic carbocycles. The second kappa shape index (κ2) is 8.77. The summed E-state index contributed by atoms with van der Waals surface area (Å²) in [4.78, 5) is 28.1. The molecule has 6 nitrogen and oxygen atoms in total. The Bertz CT molecular complexity index is 973. The largest absolute Gasteiger partial charge is 0.462 e. The van der Waals surface area contributed by atoms with Gasteiger partial charge in [-0.2, -0.15) is 0 Å². The van der Waals surface area contributed by atoms with E-state index >= 15 is 0 Å². The van der Waals surface area contributed by atoms with Gasteiger partial charge in [-0.3, -0.25) is 9.78 Å². The van der Waals surface area contributed by atoms with Crippen LogP contribution in [0.4, 0.5) is 21.5 Å². The van der Waals surface area contributed by atoms with E-state index in [2.05, 4.69) is 15.6 Å². The van der Waals surface area contributed by atoms with Crippen molar-refractivity contribution in [3.05, 3.63) is 83.9 Å². The molecule has 0 saturated carbocycles. The minimum atomic E-state index is -0.379. The van der Waals surface area contributed by atoms with E-state index < -0.39 is 0 Å². The average molecular weight is 379 g/mol. The molecule has 0 aliphatic carbocycles. The summed E-state index contributed by atoms with van der Waals surface area (Å²) in [5.41, 5.74) is 2.62. The summed E-state index contributed by atoms with van der Waals surface area (Å²) in [5, 5.41) is 5.81. The molecule has 28 heavy (non-hydrogen) atoms. The zero-order valence-corrected chi connectivity index (χ0v) is 15.1. The number of esters is 1. The highest BCUT2D eigenvalue weighted by molar-refractivity contribution is 6.04. The number of carbonyl (C=O) groups excluding carboxylic acids is 2. The summed E-state index contributed by atoms with van der Waals surface area (Å²) in [5.74, 6) is -1.12. The van der Waals surface area contributed by atoms with Crippen molar-refractivity contribution in [1.29, 1.82) is 0 Å². The number of pyridine rings is 1. The molecule has 0 aliphatic rings. The van der Waals surface area contributed by atoms with Gasteiger partial charge in [-0.05, 0) is 61.5 Å². The van der Waals surface area contributed by atoms with Gasteiger partial charge < -0.3 is 15.4 Å². The third kappa shape index (κ3) is 4.91. The smallest absolute Gasteiger partial charge is 0.338 e. The minimum Gasteiger partial charge on any atom is -0.462 e. The Hall–Kier alpha value is -3.74. The lowest BCUT2D eigenvalue weighted by molar-refractivity contribution is 0.0526. The summed E-state index contributed by atoms with van der Waals surface area (Å²) in [7, 11) is 0. The molecule has 0 aliphatic heterocycles. The summed E-state index contributed by atoms with van der Waals surface area (Å²) >= 11 is 0. The molecule has 2 N–H and O–H groups in total. The fourth-order valence-corrected chi connectivity index (χ4v) is 2.44. The van der Waals surface area contributed by atoms with E-state index in [4.69, 9.17) is 4.74 Å². The fraction of sp³-hybridized carbons (Fsp3) is 0.0952. The number of nitrogens with zero attached hydrogens (tertiary/aromatic N) is 1. The van der Waals surface area contributed by atoms with Crippen molar-refractivity contribution >= 4 is 28.9 Å². The number of carbonyl (C=O) groups is 2. The number of halogens is 1. The first kappa shape index (κ1) is 19.0. The molecule has 0 saturated heterocycles. The summed E-state index contributed by atoms with van der Waals surface area (Å²) in [6, 6.07) is 13.9. The molecule has 0 radical (unpaired) electrons. The number of aromatic nitrogens is 1. The number of benzene rings is 2. The van der Waals surface area contributed by atoms with Gasteiger partial charge in [0.05, 0.1) is 29.6 Å². The van der Waals surface area contributed by atoms with E-state index in [1.54, 1.807) is 43.5 Å². The number of anilines is 3. The number of amides is 1. The summed E-state index contributed by atoms with van der Waals surface area (Å²) in [6.07, 6.45) is 3.02. The summed E-state index contributed by atoms with van der Waals surface area (Å²) < 4.78 is 17.9. The quantitative estimate of drug-likeness (QED) is 0.621. The van der Waals surface area contributed by atoms with E-state index in [9.17, 15) is 14.0 Å². The zero-order chi connectivity index (χ0) is 19.9. The van der Waals surface area contributed by atoms with Crippen molar-refractivity contribution in [2.75, 3.05) is 17.2 Å². The first-order valence-corrected chi connectivity index (χ1v) is 8.61. The van der Waals surface area contributed by atoms with Gasteiger partial charge in [-0.1, -0.05) is 0 Å². The molecule has 142 valence electrons. The Balaban J connectivity index is 1.68. The maximum atomic E-state index is 13.0. The van der Waals surface area contributed by atoms with Gasteiger partial charge in [0.25, 0.3) is 5.91 Å².